The molecule has 2 aromatic carbocycles. The van der Waals surface area contributed by atoms with Gasteiger partial charge < -0.3 is 9.47 Å². The van der Waals surface area contributed by atoms with Crippen molar-refractivity contribution >= 4 is 63.2 Å². The molecule has 152 valence electrons. The molecule has 0 atom stereocenters. The SMILES string of the molecule is CCOc1cc(/C=C2\SC(=O)N(Cc3ccc(I)cc3)C2=O)cc(Cl)c1OCC. The number of benzene rings is 2. The van der Waals surface area contributed by atoms with E-state index in [2.05, 4.69) is 22.6 Å². The van der Waals surface area contributed by atoms with Crippen molar-refractivity contribution in [1.29, 1.82) is 0 Å². The van der Waals surface area contributed by atoms with Gasteiger partial charge in [0.1, 0.15) is 0 Å². The molecule has 1 aliphatic heterocycles. The van der Waals surface area contributed by atoms with Crippen LogP contribution in [-0.4, -0.2) is 29.3 Å². The minimum atomic E-state index is -0.318. The zero-order valence-electron chi connectivity index (χ0n) is 15.9. The molecular formula is C21H19ClINO4S. The molecule has 8 heteroatoms. The molecule has 0 radical (unpaired) electrons. The number of carbonyl (C=O) groups excluding carboxylic acids is 2. The van der Waals surface area contributed by atoms with Crippen LogP contribution in [0.4, 0.5) is 4.79 Å². The summed E-state index contributed by atoms with van der Waals surface area (Å²) in [5, 5.41) is 0.101. The average Bonchev–Trinajstić information content (AvgIpc) is 2.94. The summed E-state index contributed by atoms with van der Waals surface area (Å²) in [5.41, 5.74) is 1.57. The van der Waals surface area contributed by atoms with Gasteiger partial charge in [0.2, 0.25) is 0 Å². The van der Waals surface area contributed by atoms with Crippen LogP contribution in [0.5, 0.6) is 11.5 Å². The Morgan fingerprint density at radius 3 is 2.45 bits per heavy atom. The van der Waals surface area contributed by atoms with Crippen molar-refractivity contribution < 1.29 is 19.1 Å². The fraction of sp³-hybridized carbons (Fsp3) is 0.238. The number of ether oxygens (including phenoxy) is 2. The predicted molar refractivity (Wildman–Crippen MR) is 124 cm³/mol. The quantitative estimate of drug-likeness (QED) is 0.318. The highest BCUT2D eigenvalue weighted by molar-refractivity contribution is 14.1. The second-order valence-electron chi connectivity index (χ2n) is 6.09. The molecule has 3 rings (SSSR count). The summed E-state index contributed by atoms with van der Waals surface area (Å²) >= 11 is 9.48. The molecule has 0 saturated carbocycles. The highest BCUT2D eigenvalue weighted by atomic mass is 127. The van der Waals surface area contributed by atoms with Crippen molar-refractivity contribution in [2.24, 2.45) is 0 Å². The van der Waals surface area contributed by atoms with Gasteiger partial charge >= 0.3 is 0 Å². The van der Waals surface area contributed by atoms with E-state index in [4.69, 9.17) is 21.1 Å². The minimum Gasteiger partial charge on any atom is -0.490 e. The fourth-order valence-electron chi connectivity index (χ4n) is 2.78. The van der Waals surface area contributed by atoms with Crippen LogP contribution in [0.15, 0.2) is 41.3 Å². The summed E-state index contributed by atoms with van der Waals surface area (Å²) in [7, 11) is 0. The third kappa shape index (κ3) is 5.26. The summed E-state index contributed by atoms with van der Waals surface area (Å²) in [5.74, 6) is 0.660. The second kappa shape index (κ2) is 9.86. The molecule has 1 saturated heterocycles. The van der Waals surface area contributed by atoms with E-state index in [1.54, 1.807) is 18.2 Å². The zero-order valence-corrected chi connectivity index (χ0v) is 19.6. The van der Waals surface area contributed by atoms with Crippen LogP contribution in [0.1, 0.15) is 25.0 Å². The van der Waals surface area contributed by atoms with Crippen LogP contribution >= 0.6 is 46.0 Å². The first-order valence-corrected chi connectivity index (χ1v) is 11.3. The maximum absolute atomic E-state index is 12.8. The number of nitrogens with zero attached hydrogens (tertiary/aromatic N) is 1. The number of hydrogen-bond acceptors (Lipinski definition) is 5. The largest absolute Gasteiger partial charge is 0.490 e. The topological polar surface area (TPSA) is 55.8 Å². The number of amides is 2. The van der Waals surface area contributed by atoms with Gasteiger partial charge in [0.05, 0.1) is 29.7 Å². The van der Waals surface area contributed by atoms with Crippen LogP contribution in [0, 0.1) is 3.57 Å². The highest BCUT2D eigenvalue weighted by Crippen LogP contribution is 2.39. The molecular weight excluding hydrogens is 525 g/mol. The lowest BCUT2D eigenvalue weighted by atomic mass is 10.1. The number of halogens is 2. The van der Waals surface area contributed by atoms with Gasteiger partial charge in [-0.3, -0.25) is 14.5 Å². The zero-order chi connectivity index (χ0) is 21.0. The summed E-state index contributed by atoms with van der Waals surface area (Å²) < 4.78 is 12.3. The summed E-state index contributed by atoms with van der Waals surface area (Å²) in [6.07, 6.45) is 1.66. The Morgan fingerprint density at radius 2 is 1.79 bits per heavy atom. The Hall–Kier alpha value is -1.71. The molecule has 2 amide bonds. The van der Waals surface area contributed by atoms with Gasteiger partial charge in [0.25, 0.3) is 11.1 Å². The van der Waals surface area contributed by atoms with Crippen LogP contribution in [0.2, 0.25) is 5.02 Å². The molecule has 0 aliphatic carbocycles. The molecule has 0 aromatic heterocycles. The Kier molecular flexibility index (Phi) is 7.48. The van der Waals surface area contributed by atoms with Crippen molar-refractivity contribution in [3.05, 3.63) is 61.0 Å². The summed E-state index contributed by atoms with van der Waals surface area (Å²) in [4.78, 5) is 26.8. The van der Waals surface area contributed by atoms with E-state index in [9.17, 15) is 9.59 Å². The lowest BCUT2D eigenvalue weighted by Gasteiger charge is -2.13. The Bertz CT molecular complexity index is 962. The fourth-order valence-corrected chi connectivity index (χ4v) is 4.25. The smallest absolute Gasteiger partial charge is 0.293 e. The molecule has 1 aliphatic rings. The van der Waals surface area contributed by atoms with E-state index in [1.165, 1.54) is 4.90 Å². The molecule has 1 fully saturated rings. The lowest BCUT2D eigenvalue weighted by Crippen LogP contribution is -2.27. The first kappa shape index (κ1) is 22.0. The van der Waals surface area contributed by atoms with Crippen LogP contribution in [0.25, 0.3) is 6.08 Å². The lowest BCUT2D eigenvalue weighted by molar-refractivity contribution is -0.123. The molecule has 0 unspecified atom stereocenters. The van der Waals surface area contributed by atoms with Gasteiger partial charge in [0.15, 0.2) is 11.5 Å². The van der Waals surface area contributed by atoms with Crippen molar-refractivity contribution in [3.63, 3.8) is 0 Å². The van der Waals surface area contributed by atoms with Gasteiger partial charge in [-0.1, -0.05) is 23.7 Å². The molecule has 1 heterocycles. The van der Waals surface area contributed by atoms with Gasteiger partial charge in [-0.2, -0.15) is 0 Å². The monoisotopic (exact) mass is 543 g/mol. The van der Waals surface area contributed by atoms with Crippen LogP contribution in [0.3, 0.4) is 0 Å². The normalized spacial score (nSPS) is 15.3. The molecule has 0 spiro atoms. The maximum atomic E-state index is 12.8. The van der Waals surface area contributed by atoms with E-state index in [1.807, 2.05) is 38.1 Å². The molecule has 5 nitrogen and oxygen atoms in total. The van der Waals surface area contributed by atoms with Crippen LogP contribution in [-0.2, 0) is 11.3 Å². The highest BCUT2D eigenvalue weighted by Gasteiger charge is 2.35. The maximum Gasteiger partial charge on any atom is 0.293 e. The summed E-state index contributed by atoms with van der Waals surface area (Å²) in [6.45, 7) is 4.88. The third-order valence-electron chi connectivity index (χ3n) is 4.05. The van der Waals surface area contributed by atoms with Crippen molar-refractivity contribution in [2.45, 2.75) is 20.4 Å². The van der Waals surface area contributed by atoms with Crippen molar-refractivity contribution in [1.82, 2.24) is 4.90 Å². The molecule has 29 heavy (non-hydrogen) atoms. The van der Waals surface area contributed by atoms with Gasteiger partial charge in [-0.05, 0) is 89.7 Å². The number of imide groups is 1. The first-order valence-electron chi connectivity index (χ1n) is 9.01. The van der Waals surface area contributed by atoms with E-state index in [0.717, 1.165) is 20.9 Å². The summed E-state index contributed by atoms with van der Waals surface area (Å²) in [6, 6.07) is 11.2. The molecule has 0 N–H and O–H groups in total. The van der Waals surface area contributed by atoms with Crippen molar-refractivity contribution in [2.75, 3.05) is 13.2 Å². The van der Waals surface area contributed by atoms with E-state index >= 15 is 0 Å². The number of rotatable bonds is 7. The standard InChI is InChI=1S/C21H19ClINO4S/c1-3-27-17-10-14(9-16(22)19(17)28-4-2)11-18-20(25)24(21(26)29-18)12-13-5-7-15(23)8-6-13/h5-11H,3-4,12H2,1-2H3/b18-11-. The van der Waals surface area contributed by atoms with E-state index in [0.29, 0.717) is 40.2 Å². The van der Waals surface area contributed by atoms with E-state index < -0.39 is 0 Å². The molecule has 0 bridgehead atoms. The number of thioether (sulfide) groups is 1. The molecule has 2 aromatic rings. The first-order chi connectivity index (χ1) is 13.9. The van der Waals surface area contributed by atoms with Gasteiger partial charge in [-0.15, -0.1) is 0 Å². The van der Waals surface area contributed by atoms with E-state index in [-0.39, 0.29) is 17.7 Å². The van der Waals surface area contributed by atoms with Crippen molar-refractivity contribution in [3.8, 4) is 11.5 Å². The van der Waals surface area contributed by atoms with Crippen LogP contribution < -0.4 is 9.47 Å². The number of hydrogen-bond donors (Lipinski definition) is 0. The Morgan fingerprint density at radius 1 is 1.10 bits per heavy atom. The average molecular weight is 544 g/mol. The second-order valence-corrected chi connectivity index (χ2v) is 8.74. The van der Waals surface area contributed by atoms with Gasteiger partial charge in [-0.25, -0.2) is 0 Å². The Balaban J connectivity index is 1.86. The minimum absolute atomic E-state index is 0.243. The predicted octanol–water partition coefficient (Wildman–Crippen LogP) is 5.98. The Labute approximate surface area is 192 Å². The third-order valence-corrected chi connectivity index (χ3v) is 5.95. The van der Waals surface area contributed by atoms with Gasteiger partial charge in [0, 0.05) is 3.57 Å². The number of carbonyl (C=O) groups is 2.